The Labute approximate surface area is 98.7 Å². The molecule has 0 unspecified atom stereocenters. The van der Waals surface area contributed by atoms with Crippen LogP contribution in [-0.2, 0) is 4.79 Å². The number of hydrogen-bond acceptors (Lipinski definition) is 2. The maximum Gasteiger partial charge on any atom is 0.222 e. The van der Waals surface area contributed by atoms with Crippen molar-refractivity contribution in [3.05, 3.63) is 0 Å². The summed E-state index contributed by atoms with van der Waals surface area (Å²) in [4.78, 5) is 11.1. The molecule has 2 N–H and O–H groups in total. The van der Waals surface area contributed by atoms with Crippen LogP contribution in [0, 0.1) is 0 Å². The van der Waals surface area contributed by atoms with Crippen LogP contribution in [0.15, 0.2) is 0 Å². The summed E-state index contributed by atoms with van der Waals surface area (Å²) in [6.45, 7) is 2.60. The highest BCUT2D eigenvalue weighted by Crippen LogP contribution is 2.31. The molecule has 0 bridgehead atoms. The molecule has 14 heavy (non-hydrogen) atoms. The van der Waals surface area contributed by atoms with Crippen molar-refractivity contribution in [3.8, 4) is 0 Å². The number of unbranched alkanes of at least 4 members (excludes halogenated alkanes) is 1. The minimum absolute atomic E-state index is 0.194. The van der Waals surface area contributed by atoms with Crippen LogP contribution in [0.3, 0.4) is 0 Å². The molecule has 0 aromatic heterocycles. The molecule has 0 aliphatic heterocycles. The third-order valence-corrected chi connectivity index (χ3v) is 2.36. The van der Waals surface area contributed by atoms with E-state index in [9.17, 15) is 9.90 Å². The molecule has 3 nitrogen and oxygen atoms in total. The van der Waals surface area contributed by atoms with Crippen molar-refractivity contribution in [2.45, 2.75) is 36.1 Å². The number of alkyl halides is 3. The number of hydrogen-bond donors (Lipinski definition) is 2. The van der Waals surface area contributed by atoms with Crippen molar-refractivity contribution >= 4 is 40.7 Å². The first kappa shape index (κ1) is 14.3. The lowest BCUT2D eigenvalue weighted by atomic mass is 10.2. The molecule has 0 rings (SSSR count). The Morgan fingerprint density at radius 3 is 2.50 bits per heavy atom. The van der Waals surface area contributed by atoms with E-state index in [-0.39, 0.29) is 12.3 Å². The smallest absolute Gasteiger partial charge is 0.222 e. The van der Waals surface area contributed by atoms with Gasteiger partial charge in [0.2, 0.25) is 9.70 Å². The molecule has 1 amide bonds. The Balaban J connectivity index is 3.72. The summed E-state index contributed by atoms with van der Waals surface area (Å²) in [6, 6.07) is 0. The van der Waals surface area contributed by atoms with E-state index in [0.717, 1.165) is 12.8 Å². The molecule has 0 spiro atoms. The Kier molecular flexibility index (Phi) is 6.87. The number of carbonyl (C=O) groups excluding carboxylic acids is 1. The predicted octanol–water partition coefficient (Wildman–Crippen LogP) is 2.02. The summed E-state index contributed by atoms with van der Waals surface area (Å²) >= 11 is 16.2. The highest BCUT2D eigenvalue weighted by Gasteiger charge is 2.32. The van der Waals surface area contributed by atoms with Crippen LogP contribution in [0.25, 0.3) is 0 Å². The average Bonchev–Trinajstić information content (AvgIpc) is 2.03. The van der Waals surface area contributed by atoms with E-state index in [2.05, 4.69) is 5.32 Å². The summed E-state index contributed by atoms with van der Waals surface area (Å²) in [7, 11) is 0. The normalized spacial score (nSPS) is 13.8. The lowest BCUT2D eigenvalue weighted by Gasteiger charge is -2.18. The quantitative estimate of drug-likeness (QED) is 0.588. The average molecular weight is 263 g/mol. The van der Waals surface area contributed by atoms with E-state index in [1.807, 2.05) is 6.92 Å². The van der Waals surface area contributed by atoms with E-state index in [1.165, 1.54) is 0 Å². The number of amides is 1. The van der Waals surface area contributed by atoms with Crippen LogP contribution in [0.2, 0.25) is 0 Å². The second kappa shape index (κ2) is 6.72. The van der Waals surface area contributed by atoms with Gasteiger partial charge in [0, 0.05) is 6.54 Å². The molecular formula is C8H14Cl3NO2. The van der Waals surface area contributed by atoms with Crippen LogP contribution in [0.4, 0.5) is 0 Å². The SMILES string of the molecule is CCCCNC(=O)C[C@H](O)C(Cl)(Cl)Cl. The zero-order valence-corrected chi connectivity index (χ0v) is 10.2. The van der Waals surface area contributed by atoms with Gasteiger partial charge in [-0.15, -0.1) is 0 Å². The third-order valence-electron chi connectivity index (χ3n) is 1.61. The molecule has 0 saturated heterocycles. The van der Waals surface area contributed by atoms with E-state index in [0.29, 0.717) is 6.54 Å². The molecule has 84 valence electrons. The standard InChI is InChI=1S/C8H14Cl3NO2/c1-2-3-4-12-7(14)5-6(13)8(9,10)11/h6,13H,2-5H2,1H3,(H,12,14)/t6-/m0/s1. The number of rotatable bonds is 5. The van der Waals surface area contributed by atoms with E-state index in [1.54, 1.807) is 0 Å². The van der Waals surface area contributed by atoms with Gasteiger partial charge < -0.3 is 10.4 Å². The fraction of sp³-hybridized carbons (Fsp3) is 0.875. The van der Waals surface area contributed by atoms with E-state index < -0.39 is 9.90 Å². The molecule has 0 aliphatic rings. The summed E-state index contributed by atoms with van der Waals surface area (Å²) < 4.78 is -1.80. The number of aliphatic hydroxyl groups is 1. The van der Waals surface area contributed by atoms with Crippen LogP contribution < -0.4 is 5.32 Å². The van der Waals surface area contributed by atoms with Gasteiger partial charge in [0.05, 0.1) is 6.42 Å². The van der Waals surface area contributed by atoms with Gasteiger partial charge >= 0.3 is 0 Å². The van der Waals surface area contributed by atoms with Gasteiger partial charge in [-0.05, 0) is 6.42 Å². The van der Waals surface area contributed by atoms with Gasteiger partial charge in [-0.3, -0.25) is 4.79 Å². The largest absolute Gasteiger partial charge is 0.388 e. The first-order valence-corrected chi connectivity index (χ1v) is 5.52. The van der Waals surface area contributed by atoms with Crippen molar-refractivity contribution in [1.29, 1.82) is 0 Å². The summed E-state index contributed by atoms with van der Waals surface area (Å²) in [5.74, 6) is -0.308. The lowest BCUT2D eigenvalue weighted by molar-refractivity contribution is -0.122. The Hall–Kier alpha value is 0.300. The molecule has 0 aromatic carbocycles. The second-order valence-corrected chi connectivity index (χ2v) is 5.33. The van der Waals surface area contributed by atoms with Gasteiger partial charge in [-0.25, -0.2) is 0 Å². The third kappa shape index (κ3) is 6.71. The first-order chi connectivity index (χ1) is 6.38. The fourth-order valence-corrected chi connectivity index (χ4v) is 1.000. The molecule has 0 aliphatic carbocycles. The highest BCUT2D eigenvalue weighted by molar-refractivity contribution is 6.68. The van der Waals surface area contributed by atoms with Crippen LogP contribution in [0.1, 0.15) is 26.2 Å². The molecule has 0 fully saturated rings. The summed E-state index contributed by atoms with van der Waals surface area (Å²) in [5, 5.41) is 11.9. The number of halogens is 3. The minimum atomic E-state index is -1.80. The molecule has 1 atom stereocenters. The van der Waals surface area contributed by atoms with Crippen molar-refractivity contribution < 1.29 is 9.90 Å². The number of nitrogens with one attached hydrogen (secondary N) is 1. The van der Waals surface area contributed by atoms with Crippen molar-refractivity contribution in [2.24, 2.45) is 0 Å². The van der Waals surface area contributed by atoms with Gasteiger partial charge in [0.25, 0.3) is 0 Å². The van der Waals surface area contributed by atoms with E-state index >= 15 is 0 Å². The van der Waals surface area contributed by atoms with Gasteiger partial charge in [-0.1, -0.05) is 48.1 Å². The second-order valence-electron chi connectivity index (χ2n) is 2.97. The number of carbonyl (C=O) groups is 1. The molecule has 0 radical (unpaired) electrons. The maximum atomic E-state index is 11.1. The summed E-state index contributed by atoms with van der Waals surface area (Å²) in [5.41, 5.74) is 0. The Morgan fingerprint density at radius 1 is 1.50 bits per heavy atom. The van der Waals surface area contributed by atoms with Crippen molar-refractivity contribution in [2.75, 3.05) is 6.54 Å². The Bertz CT molecular complexity index is 182. The lowest BCUT2D eigenvalue weighted by Crippen LogP contribution is -2.34. The number of aliphatic hydroxyl groups excluding tert-OH is 1. The minimum Gasteiger partial charge on any atom is -0.388 e. The molecule has 0 saturated carbocycles. The van der Waals surface area contributed by atoms with Crippen LogP contribution in [-0.4, -0.2) is 27.5 Å². The van der Waals surface area contributed by atoms with Crippen molar-refractivity contribution in [3.63, 3.8) is 0 Å². The maximum absolute atomic E-state index is 11.1. The van der Waals surface area contributed by atoms with Gasteiger partial charge in [-0.2, -0.15) is 0 Å². The summed E-state index contributed by atoms with van der Waals surface area (Å²) in [6.07, 6.45) is 0.428. The molecule has 0 aromatic rings. The monoisotopic (exact) mass is 261 g/mol. The topological polar surface area (TPSA) is 49.3 Å². The van der Waals surface area contributed by atoms with Crippen molar-refractivity contribution in [1.82, 2.24) is 5.32 Å². The van der Waals surface area contributed by atoms with Crippen LogP contribution >= 0.6 is 34.8 Å². The molecule has 6 heteroatoms. The highest BCUT2D eigenvalue weighted by atomic mass is 35.6. The van der Waals surface area contributed by atoms with Gasteiger partial charge in [0.15, 0.2) is 0 Å². The van der Waals surface area contributed by atoms with Gasteiger partial charge in [0.1, 0.15) is 6.10 Å². The zero-order chi connectivity index (χ0) is 11.2. The predicted molar refractivity (Wildman–Crippen MR) is 58.8 cm³/mol. The first-order valence-electron chi connectivity index (χ1n) is 4.39. The molecular weight excluding hydrogens is 248 g/mol. The van der Waals surface area contributed by atoms with E-state index in [4.69, 9.17) is 34.8 Å². The molecule has 0 heterocycles. The Morgan fingerprint density at radius 2 is 2.07 bits per heavy atom. The zero-order valence-electron chi connectivity index (χ0n) is 7.90. The fourth-order valence-electron chi connectivity index (χ4n) is 0.768. The van der Waals surface area contributed by atoms with Crippen LogP contribution in [0.5, 0.6) is 0 Å².